The summed E-state index contributed by atoms with van der Waals surface area (Å²) in [6, 6.07) is 7.85. The zero-order chi connectivity index (χ0) is 16.1. The van der Waals surface area contributed by atoms with Crippen LogP contribution in [0.3, 0.4) is 0 Å². The number of hydrogen-bond acceptors (Lipinski definition) is 5. The van der Waals surface area contributed by atoms with Gasteiger partial charge in [0.15, 0.2) is 5.82 Å². The molecule has 1 aromatic carbocycles. The topological polar surface area (TPSA) is 47.5 Å². The van der Waals surface area contributed by atoms with Gasteiger partial charge in [0.2, 0.25) is 5.95 Å². The number of benzene rings is 1. The van der Waals surface area contributed by atoms with Crippen LogP contribution in [0.25, 0.3) is 0 Å². The molecule has 1 aromatic heterocycles. The van der Waals surface area contributed by atoms with Crippen LogP contribution in [0.1, 0.15) is 18.4 Å². The predicted octanol–water partition coefficient (Wildman–Crippen LogP) is 2.81. The van der Waals surface area contributed by atoms with Crippen LogP contribution in [0.2, 0.25) is 0 Å². The lowest BCUT2D eigenvalue weighted by molar-refractivity contribution is 0.115. The molecule has 1 atom stereocenters. The smallest absolute Gasteiger partial charge is 0.225 e. The molecule has 0 bridgehead atoms. The maximum absolute atomic E-state index is 13.1. The maximum atomic E-state index is 13.1. The van der Waals surface area contributed by atoms with Crippen molar-refractivity contribution in [2.75, 3.05) is 25.2 Å². The Labute approximate surface area is 135 Å². The van der Waals surface area contributed by atoms with Crippen LogP contribution >= 0.6 is 0 Å². The van der Waals surface area contributed by atoms with Crippen molar-refractivity contribution in [1.82, 2.24) is 9.97 Å². The van der Waals surface area contributed by atoms with E-state index in [-0.39, 0.29) is 6.10 Å². The molecule has 6 heteroatoms. The summed E-state index contributed by atoms with van der Waals surface area (Å²) >= 11 is 0. The first-order valence-electron chi connectivity index (χ1n) is 7.71. The molecule has 0 unspecified atom stereocenters. The molecule has 1 saturated heterocycles. The van der Waals surface area contributed by atoms with Gasteiger partial charge in [-0.2, -0.15) is 0 Å². The number of aromatic nitrogens is 2. The van der Waals surface area contributed by atoms with Crippen molar-refractivity contribution in [2.45, 2.75) is 25.5 Å². The second kappa shape index (κ2) is 7.37. The minimum atomic E-state index is -0.438. The number of halogens is 1. The Hall–Kier alpha value is -2.21. The Morgan fingerprint density at radius 2 is 2.17 bits per heavy atom. The maximum Gasteiger partial charge on any atom is 0.225 e. The standard InChI is InChI=1S/C17H20FN3O2/c1-22-15-5-2-4-13(8-15)11-21(12-16-6-3-7-23-16)17-19-9-14(18)10-20-17/h2,4-5,8-10,16H,3,6-7,11-12H2,1H3/t16-/m0/s1. The van der Waals surface area contributed by atoms with Gasteiger partial charge in [-0.25, -0.2) is 14.4 Å². The molecule has 0 N–H and O–H groups in total. The lowest BCUT2D eigenvalue weighted by Gasteiger charge is -2.25. The van der Waals surface area contributed by atoms with E-state index in [1.807, 2.05) is 29.2 Å². The van der Waals surface area contributed by atoms with Gasteiger partial charge in [-0.3, -0.25) is 0 Å². The average molecular weight is 317 g/mol. The lowest BCUT2D eigenvalue weighted by atomic mass is 10.2. The first-order chi connectivity index (χ1) is 11.2. The summed E-state index contributed by atoms with van der Waals surface area (Å²) in [5.41, 5.74) is 1.08. The molecule has 0 aliphatic carbocycles. The SMILES string of the molecule is COc1cccc(CN(C[C@@H]2CCCO2)c2ncc(F)cn2)c1. The molecule has 23 heavy (non-hydrogen) atoms. The summed E-state index contributed by atoms with van der Waals surface area (Å²) < 4.78 is 24.1. The lowest BCUT2D eigenvalue weighted by Crippen LogP contribution is -2.33. The van der Waals surface area contributed by atoms with Crippen molar-refractivity contribution < 1.29 is 13.9 Å². The Morgan fingerprint density at radius 1 is 1.35 bits per heavy atom. The summed E-state index contributed by atoms with van der Waals surface area (Å²) in [7, 11) is 1.65. The van der Waals surface area contributed by atoms with E-state index >= 15 is 0 Å². The van der Waals surface area contributed by atoms with Gasteiger partial charge < -0.3 is 14.4 Å². The van der Waals surface area contributed by atoms with Crippen LogP contribution < -0.4 is 9.64 Å². The Morgan fingerprint density at radius 3 is 2.87 bits per heavy atom. The Balaban J connectivity index is 1.79. The second-order valence-corrected chi connectivity index (χ2v) is 5.57. The quantitative estimate of drug-likeness (QED) is 0.820. The summed E-state index contributed by atoms with van der Waals surface area (Å²) in [5.74, 6) is 0.872. The normalized spacial score (nSPS) is 17.2. The molecule has 1 aliphatic rings. The van der Waals surface area contributed by atoms with Crippen LogP contribution in [0.4, 0.5) is 10.3 Å². The van der Waals surface area contributed by atoms with E-state index in [4.69, 9.17) is 9.47 Å². The summed E-state index contributed by atoms with van der Waals surface area (Å²) in [4.78, 5) is 10.2. The summed E-state index contributed by atoms with van der Waals surface area (Å²) in [5, 5.41) is 0. The largest absolute Gasteiger partial charge is 0.497 e. The highest BCUT2D eigenvalue weighted by Crippen LogP contribution is 2.20. The first-order valence-corrected chi connectivity index (χ1v) is 7.71. The van der Waals surface area contributed by atoms with Crippen molar-refractivity contribution in [3.63, 3.8) is 0 Å². The molecule has 1 fully saturated rings. The average Bonchev–Trinajstić information content (AvgIpc) is 3.08. The van der Waals surface area contributed by atoms with Gasteiger partial charge in [0, 0.05) is 19.7 Å². The molecule has 0 amide bonds. The van der Waals surface area contributed by atoms with Crippen molar-refractivity contribution in [1.29, 1.82) is 0 Å². The molecule has 2 aromatic rings. The highest BCUT2D eigenvalue weighted by molar-refractivity contribution is 5.35. The molecule has 0 saturated carbocycles. The van der Waals surface area contributed by atoms with E-state index in [0.29, 0.717) is 19.0 Å². The fourth-order valence-electron chi connectivity index (χ4n) is 2.71. The van der Waals surface area contributed by atoms with E-state index in [2.05, 4.69) is 9.97 Å². The zero-order valence-corrected chi connectivity index (χ0v) is 13.1. The minimum Gasteiger partial charge on any atom is -0.497 e. The monoisotopic (exact) mass is 317 g/mol. The molecule has 1 aliphatic heterocycles. The second-order valence-electron chi connectivity index (χ2n) is 5.57. The fraction of sp³-hybridized carbons (Fsp3) is 0.412. The van der Waals surface area contributed by atoms with E-state index in [1.54, 1.807) is 7.11 Å². The third-order valence-corrected chi connectivity index (χ3v) is 3.85. The van der Waals surface area contributed by atoms with Gasteiger partial charge in [0.25, 0.3) is 0 Å². The number of ether oxygens (including phenoxy) is 2. The molecule has 3 rings (SSSR count). The van der Waals surface area contributed by atoms with Crippen molar-refractivity contribution in [3.8, 4) is 5.75 Å². The zero-order valence-electron chi connectivity index (χ0n) is 13.1. The van der Waals surface area contributed by atoms with Crippen LogP contribution in [0.5, 0.6) is 5.75 Å². The van der Waals surface area contributed by atoms with E-state index < -0.39 is 5.82 Å². The van der Waals surface area contributed by atoms with Crippen LogP contribution in [-0.2, 0) is 11.3 Å². The molecule has 0 spiro atoms. The van der Waals surface area contributed by atoms with E-state index in [0.717, 1.165) is 30.8 Å². The summed E-state index contributed by atoms with van der Waals surface area (Å²) in [6.45, 7) is 2.09. The number of nitrogens with zero attached hydrogens (tertiary/aromatic N) is 3. The van der Waals surface area contributed by atoms with E-state index in [9.17, 15) is 4.39 Å². The first kappa shape index (κ1) is 15.7. The van der Waals surface area contributed by atoms with Crippen LogP contribution in [-0.4, -0.2) is 36.3 Å². The molecular formula is C17H20FN3O2. The van der Waals surface area contributed by atoms with Crippen molar-refractivity contribution >= 4 is 5.95 Å². The van der Waals surface area contributed by atoms with Gasteiger partial charge >= 0.3 is 0 Å². The van der Waals surface area contributed by atoms with Crippen LogP contribution in [0.15, 0.2) is 36.7 Å². The third-order valence-electron chi connectivity index (χ3n) is 3.85. The number of rotatable bonds is 6. The minimum absolute atomic E-state index is 0.161. The van der Waals surface area contributed by atoms with Gasteiger partial charge in [0.05, 0.1) is 25.6 Å². The number of hydrogen-bond donors (Lipinski definition) is 0. The fourth-order valence-corrected chi connectivity index (χ4v) is 2.71. The predicted molar refractivity (Wildman–Crippen MR) is 85.0 cm³/mol. The number of methoxy groups -OCH3 is 1. The molecule has 122 valence electrons. The molecule has 0 radical (unpaired) electrons. The van der Waals surface area contributed by atoms with E-state index in [1.165, 1.54) is 12.4 Å². The van der Waals surface area contributed by atoms with Crippen molar-refractivity contribution in [3.05, 3.63) is 48.0 Å². The highest BCUT2D eigenvalue weighted by Gasteiger charge is 2.21. The highest BCUT2D eigenvalue weighted by atomic mass is 19.1. The molecular weight excluding hydrogens is 297 g/mol. The van der Waals surface area contributed by atoms with Crippen molar-refractivity contribution in [2.24, 2.45) is 0 Å². The van der Waals surface area contributed by atoms with Gasteiger partial charge in [0.1, 0.15) is 5.75 Å². The third kappa shape index (κ3) is 4.16. The number of anilines is 1. The molecule has 2 heterocycles. The van der Waals surface area contributed by atoms with Crippen LogP contribution in [0, 0.1) is 5.82 Å². The summed E-state index contributed by atoms with van der Waals surface area (Å²) in [6.07, 6.45) is 4.64. The molecule has 5 nitrogen and oxygen atoms in total. The van der Waals surface area contributed by atoms with Gasteiger partial charge in [-0.15, -0.1) is 0 Å². The Kier molecular flexibility index (Phi) is 5.02. The van der Waals surface area contributed by atoms with Gasteiger partial charge in [-0.1, -0.05) is 12.1 Å². The Bertz CT molecular complexity index is 630. The van der Waals surface area contributed by atoms with Gasteiger partial charge in [-0.05, 0) is 30.5 Å².